The van der Waals surface area contributed by atoms with Crippen molar-refractivity contribution < 1.29 is 29.4 Å². The number of carboxylic acid groups (broad SMARTS) is 1. The molecule has 0 aliphatic rings. The molecular weight excluding hydrogens is 424 g/mol. The Labute approximate surface area is 185 Å². The van der Waals surface area contributed by atoms with Crippen LogP contribution < -0.4 is 21.7 Å². The quantitative estimate of drug-likeness (QED) is 0.247. The first-order valence-corrected chi connectivity index (χ1v) is 11.1. The fraction of sp³-hybridized carbons (Fsp3) is 0.500. The predicted octanol–water partition coefficient (Wildman–Crippen LogP) is -0.406. The molecule has 31 heavy (non-hydrogen) atoms. The summed E-state index contributed by atoms with van der Waals surface area (Å²) >= 11 is 1.56. The molecule has 1 aromatic carbocycles. The molecule has 1 aromatic rings. The van der Waals surface area contributed by atoms with Crippen LogP contribution in [0.25, 0.3) is 0 Å². The fourth-order valence-corrected chi connectivity index (χ4v) is 3.02. The van der Waals surface area contributed by atoms with Crippen molar-refractivity contribution in [3.8, 4) is 5.75 Å². The molecule has 0 spiro atoms. The van der Waals surface area contributed by atoms with Gasteiger partial charge in [-0.2, -0.15) is 11.8 Å². The van der Waals surface area contributed by atoms with Crippen LogP contribution in [0.2, 0.25) is 0 Å². The number of benzene rings is 1. The van der Waals surface area contributed by atoms with Gasteiger partial charge in [-0.1, -0.05) is 12.1 Å². The van der Waals surface area contributed by atoms with Gasteiger partial charge >= 0.3 is 5.97 Å². The average molecular weight is 455 g/mol. The molecule has 11 heteroatoms. The van der Waals surface area contributed by atoms with Crippen molar-refractivity contribution in [2.24, 2.45) is 5.73 Å². The van der Waals surface area contributed by atoms with E-state index < -0.39 is 47.9 Å². The molecule has 4 atom stereocenters. The maximum Gasteiger partial charge on any atom is 0.326 e. The van der Waals surface area contributed by atoms with Crippen molar-refractivity contribution in [2.75, 3.05) is 12.0 Å². The van der Waals surface area contributed by atoms with Crippen molar-refractivity contribution >= 4 is 35.5 Å². The molecule has 172 valence electrons. The summed E-state index contributed by atoms with van der Waals surface area (Å²) in [5.41, 5.74) is 6.37. The lowest BCUT2D eigenvalue weighted by Crippen LogP contribution is -2.55. The van der Waals surface area contributed by atoms with E-state index in [1.807, 2.05) is 6.26 Å². The number of nitrogens with one attached hydrogen (secondary N) is 3. The van der Waals surface area contributed by atoms with Gasteiger partial charge in [-0.3, -0.25) is 14.4 Å². The molecule has 10 nitrogen and oxygen atoms in total. The molecule has 0 bridgehead atoms. The van der Waals surface area contributed by atoms with Crippen molar-refractivity contribution in [3.63, 3.8) is 0 Å². The van der Waals surface area contributed by atoms with Crippen molar-refractivity contribution in [2.45, 2.75) is 50.9 Å². The molecule has 1 rings (SSSR count). The number of rotatable bonds is 12. The topological polar surface area (TPSA) is 171 Å². The third kappa shape index (κ3) is 9.26. The van der Waals surface area contributed by atoms with E-state index in [0.717, 1.165) is 0 Å². The zero-order chi connectivity index (χ0) is 23.6. The van der Waals surface area contributed by atoms with Crippen LogP contribution in [0.3, 0.4) is 0 Å². The highest BCUT2D eigenvalue weighted by Gasteiger charge is 2.26. The minimum atomic E-state index is -1.24. The Morgan fingerprint density at radius 3 is 2.00 bits per heavy atom. The number of carbonyl (C=O) groups is 4. The van der Waals surface area contributed by atoms with E-state index in [1.54, 1.807) is 23.9 Å². The second kappa shape index (κ2) is 12.8. The van der Waals surface area contributed by atoms with Gasteiger partial charge < -0.3 is 31.9 Å². The number of carbonyl (C=O) groups excluding carboxylic acids is 3. The number of amides is 3. The number of aromatic hydroxyl groups is 1. The molecular formula is C20H30N4O6S. The number of phenols is 1. The van der Waals surface area contributed by atoms with Crippen molar-refractivity contribution in [1.29, 1.82) is 0 Å². The highest BCUT2D eigenvalue weighted by Crippen LogP contribution is 2.11. The molecule has 0 heterocycles. The zero-order valence-electron chi connectivity index (χ0n) is 17.8. The number of hydrogen-bond donors (Lipinski definition) is 6. The molecule has 0 saturated heterocycles. The number of nitrogens with two attached hydrogens (primary N) is 1. The number of hydrogen-bond acceptors (Lipinski definition) is 7. The van der Waals surface area contributed by atoms with Crippen LogP contribution in [0.5, 0.6) is 5.75 Å². The lowest BCUT2D eigenvalue weighted by atomic mass is 10.1. The summed E-state index contributed by atoms with van der Waals surface area (Å²) in [6.07, 6.45) is 2.37. The van der Waals surface area contributed by atoms with Gasteiger partial charge in [0.15, 0.2) is 0 Å². The van der Waals surface area contributed by atoms with E-state index in [1.165, 1.54) is 26.0 Å². The Morgan fingerprint density at radius 1 is 0.968 bits per heavy atom. The van der Waals surface area contributed by atoms with Gasteiger partial charge in [-0.15, -0.1) is 0 Å². The van der Waals surface area contributed by atoms with Gasteiger partial charge in [-0.05, 0) is 50.0 Å². The standard InChI is InChI=1S/C20H30N4O6S/c1-11(23-19(28)15(21)8-9-31-3)17(26)22-12(2)18(27)24-16(20(29)30)10-13-4-6-14(25)7-5-13/h4-7,11-12,15-16,25H,8-10,21H2,1-3H3,(H,22,26)(H,23,28)(H,24,27)(H,29,30). The minimum absolute atomic E-state index is 0.00239. The molecule has 7 N–H and O–H groups in total. The summed E-state index contributed by atoms with van der Waals surface area (Å²) in [4.78, 5) is 48.2. The smallest absolute Gasteiger partial charge is 0.326 e. The van der Waals surface area contributed by atoms with Crippen LogP contribution in [-0.4, -0.2) is 70.1 Å². The number of phenolic OH excluding ortho intramolecular Hbond substituents is 1. The molecule has 0 radical (unpaired) electrons. The van der Waals surface area contributed by atoms with E-state index in [4.69, 9.17) is 5.73 Å². The van der Waals surface area contributed by atoms with Gasteiger partial charge in [0.05, 0.1) is 6.04 Å². The fourth-order valence-electron chi connectivity index (χ4n) is 2.53. The van der Waals surface area contributed by atoms with Gasteiger partial charge in [0.1, 0.15) is 23.9 Å². The largest absolute Gasteiger partial charge is 0.508 e. The third-order valence-corrected chi connectivity index (χ3v) is 5.11. The molecule has 0 aromatic heterocycles. The lowest BCUT2D eigenvalue weighted by molar-refractivity contribution is -0.142. The molecule has 4 unspecified atom stereocenters. The second-order valence-electron chi connectivity index (χ2n) is 7.12. The molecule has 0 aliphatic heterocycles. The van der Waals surface area contributed by atoms with Crippen LogP contribution in [0.15, 0.2) is 24.3 Å². The van der Waals surface area contributed by atoms with Crippen LogP contribution in [-0.2, 0) is 25.6 Å². The maximum atomic E-state index is 12.4. The van der Waals surface area contributed by atoms with Crippen LogP contribution >= 0.6 is 11.8 Å². The van der Waals surface area contributed by atoms with Crippen LogP contribution in [0.1, 0.15) is 25.8 Å². The average Bonchev–Trinajstić information content (AvgIpc) is 2.72. The van der Waals surface area contributed by atoms with E-state index in [-0.39, 0.29) is 12.2 Å². The third-order valence-electron chi connectivity index (χ3n) is 4.46. The van der Waals surface area contributed by atoms with Crippen LogP contribution in [0, 0.1) is 0 Å². The van der Waals surface area contributed by atoms with Gasteiger partial charge in [0.25, 0.3) is 0 Å². The monoisotopic (exact) mass is 454 g/mol. The van der Waals surface area contributed by atoms with E-state index in [2.05, 4.69) is 16.0 Å². The maximum absolute atomic E-state index is 12.4. The first kappa shape index (κ1) is 26.2. The van der Waals surface area contributed by atoms with E-state index in [9.17, 15) is 29.4 Å². The van der Waals surface area contributed by atoms with Crippen LogP contribution in [0.4, 0.5) is 0 Å². The molecule has 3 amide bonds. The van der Waals surface area contributed by atoms with Crippen molar-refractivity contribution in [1.82, 2.24) is 16.0 Å². The normalized spacial score (nSPS) is 14.6. The van der Waals surface area contributed by atoms with E-state index >= 15 is 0 Å². The Balaban J connectivity index is 2.59. The van der Waals surface area contributed by atoms with Gasteiger partial charge in [0.2, 0.25) is 17.7 Å². The summed E-state index contributed by atoms with van der Waals surface area (Å²) in [6, 6.07) is 2.04. The van der Waals surface area contributed by atoms with Gasteiger partial charge in [0, 0.05) is 6.42 Å². The Morgan fingerprint density at radius 2 is 1.48 bits per heavy atom. The summed E-state index contributed by atoms with van der Waals surface area (Å²) < 4.78 is 0. The lowest BCUT2D eigenvalue weighted by Gasteiger charge is -2.21. The first-order chi connectivity index (χ1) is 14.5. The predicted molar refractivity (Wildman–Crippen MR) is 118 cm³/mol. The summed E-state index contributed by atoms with van der Waals surface area (Å²) in [6.45, 7) is 2.87. The molecule has 0 saturated carbocycles. The van der Waals surface area contributed by atoms with Gasteiger partial charge in [-0.25, -0.2) is 4.79 Å². The summed E-state index contributed by atoms with van der Waals surface area (Å²) in [5, 5.41) is 26.0. The highest BCUT2D eigenvalue weighted by molar-refractivity contribution is 7.98. The Kier molecular flexibility index (Phi) is 10.8. The second-order valence-corrected chi connectivity index (χ2v) is 8.10. The van der Waals surface area contributed by atoms with Crippen molar-refractivity contribution in [3.05, 3.63) is 29.8 Å². The molecule has 0 fully saturated rings. The Hall–Kier alpha value is -2.79. The summed E-state index contributed by atoms with van der Waals surface area (Å²) in [7, 11) is 0. The Bertz CT molecular complexity index is 773. The first-order valence-electron chi connectivity index (χ1n) is 9.71. The minimum Gasteiger partial charge on any atom is -0.508 e. The zero-order valence-corrected chi connectivity index (χ0v) is 18.6. The number of aliphatic carboxylic acids is 1. The SMILES string of the molecule is CSCCC(N)C(=O)NC(C)C(=O)NC(C)C(=O)NC(Cc1ccc(O)cc1)C(=O)O. The summed E-state index contributed by atoms with van der Waals surface area (Å²) in [5.74, 6) is -2.23. The van der Waals surface area contributed by atoms with E-state index in [0.29, 0.717) is 17.7 Å². The number of carboxylic acids is 1. The molecule has 0 aliphatic carbocycles. The highest BCUT2D eigenvalue weighted by atomic mass is 32.2. The number of thioether (sulfide) groups is 1.